The van der Waals surface area contributed by atoms with Gasteiger partial charge >= 0.3 is 6.18 Å². The zero-order valence-corrected chi connectivity index (χ0v) is 14.4. The Labute approximate surface area is 154 Å². The molecule has 0 radical (unpaired) electrons. The van der Waals surface area contributed by atoms with Crippen molar-refractivity contribution in [2.45, 2.75) is 19.0 Å². The van der Waals surface area contributed by atoms with Gasteiger partial charge in [0, 0.05) is 23.0 Å². The summed E-state index contributed by atoms with van der Waals surface area (Å²) in [6.07, 6.45) is 2.99. The van der Waals surface area contributed by atoms with Gasteiger partial charge in [-0.2, -0.15) is 18.2 Å². The molecule has 0 aromatic carbocycles. The molecule has 3 aromatic heterocycles. The summed E-state index contributed by atoms with van der Waals surface area (Å²) in [5.41, 5.74) is 0.134. The summed E-state index contributed by atoms with van der Waals surface area (Å²) in [5, 5.41) is 4.36. The molecule has 26 heavy (non-hydrogen) atoms. The molecule has 0 saturated carbocycles. The average molecular weight is 401 g/mol. The van der Waals surface area contributed by atoms with Crippen LogP contribution in [0.1, 0.15) is 24.2 Å². The van der Waals surface area contributed by atoms with Crippen LogP contribution in [0.4, 0.5) is 13.2 Å². The van der Waals surface area contributed by atoms with Crippen LogP contribution in [0.25, 0.3) is 22.8 Å². The smallest absolute Gasteiger partial charge is 0.332 e. The first-order valence-corrected chi connectivity index (χ1v) is 8.23. The third kappa shape index (κ3) is 2.99. The quantitative estimate of drug-likeness (QED) is 0.581. The SMILES string of the molecule is FC(F)(F)c1cc(Cl)c2nc(-c3nc(C4=C(Cl)CCC=C4)no3)cn2c1. The number of pyridine rings is 1. The maximum Gasteiger partial charge on any atom is 0.417 e. The fourth-order valence-electron chi connectivity index (χ4n) is 2.58. The van der Waals surface area contributed by atoms with Crippen molar-refractivity contribution in [3.8, 4) is 11.6 Å². The second-order valence-electron chi connectivity index (χ2n) is 5.61. The monoisotopic (exact) mass is 400 g/mol. The van der Waals surface area contributed by atoms with Crippen LogP contribution >= 0.6 is 23.2 Å². The van der Waals surface area contributed by atoms with Crippen molar-refractivity contribution in [3.05, 3.63) is 52.1 Å². The van der Waals surface area contributed by atoms with Gasteiger partial charge in [0.2, 0.25) is 5.82 Å². The van der Waals surface area contributed by atoms with Crippen LogP contribution in [0.3, 0.4) is 0 Å². The van der Waals surface area contributed by atoms with Crippen molar-refractivity contribution < 1.29 is 17.7 Å². The van der Waals surface area contributed by atoms with E-state index in [4.69, 9.17) is 27.7 Å². The highest BCUT2D eigenvalue weighted by atomic mass is 35.5. The minimum Gasteiger partial charge on any atom is -0.332 e. The van der Waals surface area contributed by atoms with Crippen molar-refractivity contribution in [3.63, 3.8) is 0 Å². The molecule has 1 aliphatic rings. The first-order valence-electron chi connectivity index (χ1n) is 7.48. The van der Waals surface area contributed by atoms with Gasteiger partial charge in [-0.1, -0.05) is 40.5 Å². The summed E-state index contributed by atoms with van der Waals surface area (Å²) in [6, 6.07) is 0.824. The number of hydrogen-bond donors (Lipinski definition) is 0. The van der Waals surface area contributed by atoms with E-state index in [1.54, 1.807) is 6.08 Å². The highest BCUT2D eigenvalue weighted by Crippen LogP contribution is 2.33. The first-order chi connectivity index (χ1) is 12.3. The van der Waals surface area contributed by atoms with E-state index in [1.165, 1.54) is 10.6 Å². The molecule has 0 bridgehead atoms. The van der Waals surface area contributed by atoms with Gasteiger partial charge in [0.05, 0.1) is 10.6 Å². The Morgan fingerprint density at radius 1 is 1.15 bits per heavy atom. The van der Waals surface area contributed by atoms with Gasteiger partial charge in [0.1, 0.15) is 5.69 Å². The van der Waals surface area contributed by atoms with E-state index in [1.807, 2.05) is 6.08 Å². The van der Waals surface area contributed by atoms with Crippen LogP contribution in [-0.2, 0) is 6.18 Å². The maximum absolute atomic E-state index is 12.9. The standard InChI is InChI=1S/C16H9Cl2F3N4O/c17-10-4-2-1-3-9(10)13-23-15(26-24-13)12-7-25-6-8(16(19,20)21)5-11(18)14(25)22-12/h1,3,5-7H,2,4H2. The third-order valence-corrected chi connectivity index (χ3v) is 4.50. The van der Waals surface area contributed by atoms with Crippen molar-refractivity contribution in [1.29, 1.82) is 0 Å². The molecule has 4 rings (SSSR count). The van der Waals surface area contributed by atoms with Crippen LogP contribution < -0.4 is 0 Å². The molecule has 0 spiro atoms. The minimum atomic E-state index is -4.52. The van der Waals surface area contributed by atoms with Crippen molar-refractivity contribution in [1.82, 2.24) is 19.5 Å². The van der Waals surface area contributed by atoms with Gasteiger partial charge in [0.15, 0.2) is 5.65 Å². The van der Waals surface area contributed by atoms with Crippen LogP contribution in [-0.4, -0.2) is 19.5 Å². The molecular formula is C16H9Cl2F3N4O. The Morgan fingerprint density at radius 2 is 1.96 bits per heavy atom. The van der Waals surface area contributed by atoms with Crippen molar-refractivity contribution in [2.24, 2.45) is 0 Å². The predicted molar refractivity (Wildman–Crippen MR) is 89.6 cm³/mol. The van der Waals surface area contributed by atoms with Crippen LogP contribution in [0.5, 0.6) is 0 Å². The fraction of sp³-hybridized carbons (Fsp3) is 0.188. The Kier molecular flexibility index (Phi) is 4.04. The van der Waals surface area contributed by atoms with Crippen LogP contribution in [0, 0.1) is 0 Å². The lowest BCUT2D eigenvalue weighted by Gasteiger charge is -2.07. The van der Waals surface area contributed by atoms with E-state index in [9.17, 15) is 13.2 Å². The molecule has 0 aliphatic heterocycles. The van der Waals surface area contributed by atoms with Gasteiger partial charge in [0.25, 0.3) is 5.89 Å². The van der Waals surface area contributed by atoms with Gasteiger partial charge in [-0.05, 0) is 18.9 Å². The van der Waals surface area contributed by atoms with E-state index < -0.39 is 11.7 Å². The molecule has 0 atom stereocenters. The van der Waals surface area contributed by atoms with Crippen molar-refractivity contribution >= 4 is 34.4 Å². The maximum atomic E-state index is 12.9. The predicted octanol–water partition coefficient (Wildman–Crippen LogP) is 5.36. The molecular weight excluding hydrogens is 392 g/mol. The summed E-state index contributed by atoms with van der Waals surface area (Å²) in [6.45, 7) is 0. The fourth-order valence-corrected chi connectivity index (χ4v) is 3.10. The largest absolute Gasteiger partial charge is 0.417 e. The normalized spacial score (nSPS) is 15.3. The van der Waals surface area contributed by atoms with E-state index in [2.05, 4.69) is 15.1 Å². The minimum absolute atomic E-state index is 0.0595. The van der Waals surface area contributed by atoms with Gasteiger partial charge < -0.3 is 8.92 Å². The third-order valence-electron chi connectivity index (χ3n) is 3.83. The zero-order chi connectivity index (χ0) is 18.5. The second kappa shape index (κ2) is 6.14. The number of rotatable bonds is 2. The molecule has 10 heteroatoms. The Bertz CT molecular complexity index is 1070. The molecule has 3 heterocycles. The lowest BCUT2D eigenvalue weighted by atomic mass is 10.1. The Morgan fingerprint density at radius 3 is 2.69 bits per heavy atom. The number of allylic oxidation sites excluding steroid dienone is 4. The van der Waals surface area contributed by atoms with Crippen LogP contribution in [0.15, 0.2) is 40.2 Å². The molecule has 1 aliphatic carbocycles. The first kappa shape index (κ1) is 17.1. The average Bonchev–Trinajstić information content (AvgIpc) is 3.21. The summed E-state index contributed by atoms with van der Waals surface area (Å²) >= 11 is 12.1. The lowest BCUT2D eigenvalue weighted by Crippen LogP contribution is -2.06. The summed E-state index contributed by atoms with van der Waals surface area (Å²) in [5.74, 6) is 0.351. The van der Waals surface area contributed by atoms with Crippen LogP contribution in [0.2, 0.25) is 5.02 Å². The molecule has 0 unspecified atom stereocenters. The van der Waals surface area contributed by atoms with Gasteiger partial charge in [-0.25, -0.2) is 4.98 Å². The molecule has 0 amide bonds. The molecule has 0 fully saturated rings. The zero-order valence-electron chi connectivity index (χ0n) is 12.9. The second-order valence-corrected chi connectivity index (χ2v) is 6.48. The summed E-state index contributed by atoms with van der Waals surface area (Å²) in [4.78, 5) is 8.42. The van der Waals surface area contributed by atoms with Gasteiger partial charge in [-0.15, -0.1) is 0 Å². The van der Waals surface area contributed by atoms with E-state index in [0.717, 1.165) is 18.7 Å². The Hall–Kier alpha value is -2.32. The molecule has 5 nitrogen and oxygen atoms in total. The lowest BCUT2D eigenvalue weighted by molar-refractivity contribution is -0.137. The topological polar surface area (TPSA) is 56.2 Å². The Balaban J connectivity index is 1.76. The number of hydrogen-bond acceptors (Lipinski definition) is 4. The van der Waals surface area contributed by atoms with Gasteiger partial charge in [-0.3, -0.25) is 0 Å². The number of alkyl halides is 3. The van der Waals surface area contributed by atoms with E-state index in [0.29, 0.717) is 22.9 Å². The summed E-state index contributed by atoms with van der Waals surface area (Å²) in [7, 11) is 0. The molecule has 3 aromatic rings. The van der Waals surface area contributed by atoms with Crippen molar-refractivity contribution in [2.75, 3.05) is 0 Å². The van der Waals surface area contributed by atoms with E-state index in [-0.39, 0.29) is 22.3 Å². The number of halogens is 5. The highest BCUT2D eigenvalue weighted by Gasteiger charge is 2.32. The number of aromatic nitrogens is 4. The molecule has 0 N–H and O–H groups in total. The number of nitrogens with zero attached hydrogens (tertiary/aromatic N) is 4. The molecule has 0 saturated heterocycles. The number of imidazole rings is 1. The summed E-state index contributed by atoms with van der Waals surface area (Å²) < 4.78 is 45.1. The highest BCUT2D eigenvalue weighted by molar-refractivity contribution is 6.33. The van der Waals surface area contributed by atoms with E-state index >= 15 is 0 Å². The molecule has 134 valence electrons. The number of fused-ring (bicyclic) bond motifs is 1.